The highest BCUT2D eigenvalue weighted by atomic mass is 32.2. The first-order valence-electron chi connectivity index (χ1n) is 7.98. The van der Waals surface area contributed by atoms with E-state index in [-0.39, 0.29) is 24.0 Å². The van der Waals surface area contributed by atoms with Crippen molar-refractivity contribution in [2.75, 3.05) is 13.3 Å². The highest BCUT2D eigenvalue weighted by molar-refractivity contribution is 7.89. The summed E-state index contributed by atoms with van der Waals surface area (Å²) in [5.41, 5.74) is 2.39. The molecule has 0 N–H and O–H groups in total. The molecular formula is C18H17NO5S. The maximum Gasteiger partial charge on any atom is 0.243 e. The van der Waals surface area contributed by atoms with Gasteiger partial charge in [-0.25, -0.2) is 8.42 Å². The summed E-state index contributed by atoms with van der Waals surface area (Å²) in [6, 6.07) is 9.96. The van der Waals surface area contributed by atoms with Crippen LogP contribution in [0.2, 0.25) is 0 Å². The Morgan fingerprint density at radius 3 is 2.52 bits per heavy atom. The third kappa shape index (κ3) is 2.79. The van der Waals surface area contributed by atoms with E-state index < -0.39 is 10.0 Å². The van der Waals surface area contributed by atoms with Gasteiger partial charge in [0.25, 0.3) is 0 Å². The number of sulfonamides is 1. The molecule has 7 heteroatoms. The molecule has 0 fully saturated rings. The molecular weight excluding hydrogens is 342 g/mol. The molecule has 0 spiro atoms. The fourth-order valence-corrected chi connectivity index (χ4v) is 4.62. The molecule has 0 radical (unpaired) electrons. The summed E-state index contributed by atoms with van der Waals surface area (Å²) in [6.07, 6.45) is 0.609. The number of carbonyl (C=O) groups excluding carboxylic acids is 1. The lowest BCUT2D eigenvalue weighted by molar-refractivity contribution is 0.101. The van der Waals surface area contributed by atoms with Crippen LogP contribution in [0.4, 0.5) is 0 Å². The molecule has 2 heterocycles. The third-order valence-corrected chi connectivity index (χ3v) is 6.39. The summed E-state index contributed by atoms with van der Waals surface area (Å²) in [5.74, 6) is 1.20. The molecule has 0 saturated heterocycles. The molecule has 0 saturated carbocycles. The number of hydrogen-bond donors (Lipinski definition) is 0. The lowest BCUT2D eigenvalue weighted by atomic mass is 10.0. The number of nitrogens with zero attached hydrogens (tertiary/aromatic N) is 1. The van der Waals surface area contributed by atoms with Gasteiger partial charge in [-0.1, -0.05) is 12.1 Å². The van der Waals surface area contributed by atoms with Crippen LogP contribution >= 0.6 is 0 Å². The number of rotatable bonds is 3. The van der Waals surface area contributed by atoms with Crippen molar-refractivity contribution in [3.63, 3.8) is 0 Å². The Balaban J connectivity index is 1.66. The van der Waals surface area contributed by atoms with Crippen molar-refractivity contribution in [3.8, 4) is 11.5 Å². The number of ether oxygens (including phenoxy) is 2. The monoisotopic (exact) mass is 359 g/mol. The number of fused-ring (bicyclic) bond motifs is 2. The summed E-state index contributed by atoms with van der Waals surface area (Å²) in [4.78, 5) is 11.7. The summed E-state index contributed by atoms with van der Waals surface area (Å²) in [7, 11) is -3.67. The standard InChI is InChI=1S/C18H17NO5S/c1-12(20)13-3-2-4-16(7-13)25(21,22)19-6-5-14-8-17-18(24-11-23-17)9-15(14)10-19/h2-4,7-9H,5-6,10-11H2,1H3. The van der Waals surface area contributed by atoms with Gasteiger partial charge in [0.1, 0.15) is 0 Å². The number of hydrogen-bond acceptors (Lipinski definition) is 5. The van der Waals surface area contributed by atoms with E-state index in [2.05, 4.69) is 0 Å². The van der Waals surface area contributed by atoms with Gasteiger partial charge in [-0.15, -0.1) is 0 Å². The number of ketones is 1. The molecule has 130 valence electrons. The van der Waals surface area contributed by atoms with E-state index in [9.17, 15) is 13.2 Å². The van der Waals surface area contributed by atoms with Crippen LogP contribution < -0.4 is 9.47 Å². The van der Waals surface area contributed by atoms with E-state index in [4.69, 9.17) is 9.47 Å². The average Bonchev–Trinajstić information content (AvgIpc) is 3.06. The van der Waals surface area contributed by atoms with Crippen LogP contribution in [0.1, 0.15) is 28.4 Å². The van der Waals surface area contributed by atoms with E-state index in [1.54, 1.807) is 12.1 Å². The summed E-state index contributed by atoms with van der Waals surface area (Å²) >= 11 is 0. The van der Waals surface area contributed by atoms with Crippen molar-refractivity contribution in [1.29, 1.82) is 0 Å². The lowest BCUT2D eigenvalue weighted by Crippen LogP contribution is -2.36. The van der Waals surface area contributed by atoms with E-state index in [0.29, 0.717) is 30.0 Å². The predicted octanol–water partition coefficient (Wildman–Crippen LogP) is 2.36. The summed E-state index contributed by atoms with van der Waals surface area (Å²) in [5, 5.41) is 0. The molecule has 0 aliphatic carbocycles. The van der Waals surface area contributed by atoms with Crippen LogP contribution in [0.5, 0.6) is 11.5 Å². The van der Waals surface area contributed by atoms with Crippen molar-refractivity contribution in [2.45, 2.75) is 24.8 Å². The molecule has 0 amide bonds. The van der Waals surface area contributed by atoms with Gasteiger partial charge in [0, 0.05) is 18.7 Å². The Kier molecular flexibility index (Phi) is 3.77. The molecule has 0 aromatic heterocycles. The lowest BCUT2D eigenvalue weighted by Gasteiger charge is -2.28. The highest BCUT2D eigenvalue weighted by Gasteiger charge is 2.30. The van der Waals surface area contributed by atoms with Gasteiger partial charge in [0.2, 0.25) is 16.8 Å². The fourth-order valence-electron chi connectivity index (χ4n) is 3.15. The van der Waals surface area contributed by atoms with Crippen molar-refractivity contribution in [1.82, 2.24) is 4.31 Å². The van der Waals surface area contributed by atoms with E-state index in [0.717, 1.165) is 11.1 Å². The maximum atomic E-state index is 13.0. The Hall–Kier alpha value is -2.38. The normalized spacial score (nSPS) is 16.5. The van der Waals surface area contributed by atoms with Gasteiger partial charge in [-0.2, -0.15) is 4.31 Å². The summed E-state index contributed by atoms with van der Waals surface area (Å²) in [6.45, 7) is 2.28. The van der Waals surface area contributed by atoms with Crippen LogP contribution in [-0.4, -0.2) is 31.8 Å². The molecule has 6 nitrogen and oxygen atoms in total. The first-order chi connectivity index (χ1) is 11.9. The zero-order valence-corrected chi connectivity index (χ0v) is 14.5. The first kappa shape index (κ1) is 16.1. The molecule has 2 aliphatic rings. The van der Waals surface area contributed by atoms with E-state index in [1.165, 1.54) is 23.4 Å². The van der Waals surface area contributed by atoms with Crippen molar-refractivity contribution in [3.05, 3.63) is 53.1 Å². The minimum absolute atomic E-state index is 0.143. The Bertz CT molecular complexity index is 967. The van der Waals surface area contributed by atoms with Gasteiger partial charge in [-0.3, -0.25) is 4.79 Å². The molecule has 2 aromatic carbocycles. The zero-order valence-electron chi connectivity index (χ0n) is 13.7. The van der Waals surface area contributed by atoms with Crippen LogP contribution in [0, 0.1) is 0 Å². The number of benzene rings is 2. The Morgan fingerprint density at radius 1 is 1.08 bits per heavy atom. The topological polar surface area (TPSA) is 72.9 Å². The van der Waals surface area contributed by atoms with Crippen LogP contribution in [-0.2, 0) is 23.0 Å². The second-order valence-electron chi connectivity index (χ2n) is 6.15. The zero-order chi connectivity index (χ0) is 17.6. The molecule has 0 bridgehead atoms. The highest BCUT2D eigenvalue weighted by Crippen LogP contribution is 2.37. The van der Waals surface area contributed by atoms with Crippen molar-refractivity contribution >= 4 is 15.8 Å². The number of carbonyl (C=O) groups is 1. The second kappa shape index (κ2) is 5.86. The van der Waals surface area contributed by atoms with Gasteiger partial charge in [0.15, 0.2) is 17.3 Å². The molecule has 2 aromatic rings. The van der Waals surface area contributed by atoms with Crippen LogP contribution in [0.3, 0.4) is 0 Å². The third-order valence-electron chi connectivity index (χ3n) is 4.55. The van der Waals surface area contributed by atoms with Crippen LogP contribution in [0.25, 0.3) is 0 Å². The maximum absolute atomic E-state index is 13.0. The van der Waals surface area contributed by atoms with Gasteiger partial charge in [0.05, 0.1) is 4.90 Å². The Morgan fingerprint density at radius 2 is 1.80 bits per heavy atom. The number of Topliss-reactive ketones (excluding diaryl/α,β-unsaturated/α-hetero) is 1. The molecule has 2 aliphatic heterocycles. The van der Waals surface area contributed by atoms with E-state index in [1.807, 2.05) is 12.1 Å². The van der Waals surface area contributed by atoms with Gasteiger partial charge in [-0.05, 0) is 48.7 Å². The first-order valence-corrected chi connectivity index (χ1v) is 9.42. The molecule has 0 unspecified atom stereocenters. The Labute approximate surface area is 146 Å². The average molecular weight is 359 g/mol. The molecule has 4 rings (SSSR count). The van der Waals surface area contributed by atoms with Crippen molar-refractivity contribution < 1.29 is 22.7 Å². The van der Waals surface area contributed by atoms with Crippen LogP contribution in [0.15, 0.2) is 41.3 Å². The second-order valence-corrected chi connectivity index (χ2v) is 8.08. The van der Waals surface area contributed by atoms with Gasteiger partial charge >= 0.3 is 0 Å². The summed E-state index contributed by atoms with van der Waals surface area (Å²) < 4.78 is 38.1. The van der Waals surface area contributed by atoms with E-state index >= 15 is 0 Å². The minimum Gasteiger partial charge on any atom is -0.454 e. The molecule has 25 heavy (non-hydrogen) atoms. The van der Waals surface area contributed by atoms with Crippen molar-refractivity contribution in [2.24, 2.45) is 0 Å². The molecule has 0 atom stereocenters. The fraction of sp³-hybridized carbons (Fsp3) is 0.278. The predicted molar refractivity (Wildman–Crippen MR) is 90.3 cm³/mol. The SMILES string of the molecule is CC(=O)c1cccc(S(=O)(=O)N2CCc3cc4c(cc3C2)OCO4)c1. The minimum atomic E-state index is -3.67. The quantitative estimate of drug-likeness (QED) is 0.787. The smallest absolute Gasteiger partial charge is 0.243 e. The van der Waals surface area contributed by atoms with Gasteiger partial charge < -0.3 is 9.47 Å². The largest absolute Gasteiger partial charge is 0.454 e.